The summed E-state index contributed by atoms with van der Waals surface area (Å²) >= 11 is 1.39. The number of hydrogen-bond acceptors (Lipinski definition) is 4. The maximum atomic E-state index is 12.2. The van der Waals surface area contributed by atoms with E-state index in [9.17, 15) is 4.79 Å². The number of anilines is 1. The number of hydrogen-bond donors (Lipinski definition) is 1. The first-order valence-electron chi connectivity index (χ1n) is 8.23. The van der Waals surface area contributed by atoms with Crippen molar-refractivity contribution in [1.29, 1.82) is 5.26 Å². The van der Waals surface area contributed by atoms with E-state index in [-0.39, 0.29) is 5.91 Å². The Kier molecular flexibility index (Phi) is 5.29. The monoisotopic (exact) mass is 339 g/mol. The Morgan fingerprint density at radius 1 is 1.33 bits per heavy atom. The zero-order valence-corrected chi connectivity index (χ0v) is 14.6. The SMILES string of the molecule is Cc1ccc(CN(CCC(=O)Nc2sccc2C#N)C2CC2)cc1. The lowest BCUT2D eigenvalue weighted by Gasteiger charge is -2.21. The van der Waals surface area contributed by atoms with Crippen LogP contribution in [0.3, 0.4) is 0 Å². The summed E-state index contributed by atoms with van der Waals surface area (Å²) in [5, 5.41) is 14.3. The van der Waals surface area contributed by atoms with Crippen molar-refractivity contribution < 1.29 is 4.79 Å². The number of rotatable bonds is 7. The van der Waals surface area contributed by atoms with Crippen LogP contribution in [0.15, 0.2) is 35.7 Å². The lowest BCUT2D eigenvalue weighted by atomic mass is 10.1. The number of nitrogens with zero attached hydrogens (tertiary/aromatic N) is 2. The summed E-state index contributed by atoms with van der Waals surface area (Å²) in [6.45, 7) is 3.73. The summed E-state index contributed by atoms with van der Waals surface area (Å²) in [5.74, 6) is -0.0245. The average Bonchev–Trinajstić information content (AvgIpc) is 3.33. The molecule has 0 unspecified atom stereocenters. The van der Waals surface area contributed by atoms with Gasteiger partial charge in [0.1, 0.15) is 11.1 Å². The number of carbonyl (C=O) groups is 1. The first-order valence-corrected chi connectivity index (χ1v) is 9.10. The summed E-state index contributed by atoms with van der Waals surface area (Å²) < 4.78 is 0. The molecule has 0 aliphatic heterocycles. The molecule has 0 radical (unpaired) electrons. The predicted octanol–water partition coefficient (Wildman–Crippen LogP) is 3.92. The fourth-order valence-electron chi connectivity index (χ4n) is 2.69. The number of aryl methyl sites for hydroxylation is 1. The Morgan fingerprint density at radius 3 is 2.75 bits per heavy atom. The van der Waals surface area contributed by atoms with E-state index in [0.29, 0.717) is 23.0 Å². The van der Waals surface area contributed by atoms with Crippen molar-refractivity contribution >= 4 is 22.2 Å². The number of nitriles is 1. The van der Waals surface area contributed by atoms with Crippen LogP contribution in [0.4, 0.5) is 5.00 Å². The number of amides is 1. The molecule has 0 spiro atoms. The highest BCUT2D eigenvalue weighted by molar-refractivity contribution is 7.14. The van der Waals surface area contributed by atoms with E-state index in [0.717, 1.165) is 13.1 Å². The third-order valence-corrected chi connectivity index (χ3v) is 5.06. The topological polar surface area (TPSA) is 56.1 Å². The van der Waals surface area contributed by atoms with Gasteiger partial charge in [0.25, 0.3) is 0 Å². The summed E-state index contributed by atoms with van der Waals surface area (Å²) in [4.78, 5) is 14.6. The molecule has 0 saturated heterocycles. The molecule has 1 N–H and O–H groups in total. The van der Waals surface area contributed by atoms with Crippen molar-refractivity contribution in [3.05, 3.63) is 52.4 Å². The van der Waals surface area contributed by atoms with Crippen molar-refractivity contribution in [1.82, 2.24) is 4.90 Å². The lowest BCUT2D eigenvalue weighted by molar-refractivity contribution is -0.116. The molecule has 1 aliphatic carbocycles. The molecular weight excluding hydrogens is 318 g/mol. The quantitative estimate of drug-likeness (QED) is 0.832. The van der Waals surface area contributed by atoms with Crippen LogP contribution in [0.25, 0.3) is 0 Å². The van der Waals surface area contributed by atoms with Gasteiger partial charge in [0.2, 0.25) is 5.91 Å². The van der Waals surface area contributed by atoms with E-state index in [1.807, 2.05) is 5.38 Å². The second kappa shape index (κ2) is 7.61. The second-order valence-corrected chi connectivity index (χ2v) is 7.18. The van der Waals surface area contributed by atoms with Crippen molar-refractivity contribution in [2.24, 2.45) is 0 Å². The first-order chi connectivity index (χ1) is 11.7. The maximum absolute atomic E-state index is 12.2. The Bertz CT molecular complexity index is 741. The molecule has 1 fully saturated rings. The highest BCUT2D eigenvalue weighted by Gasteiger charge is 2.29. The molecule has 124 valence electrons. The average molecular weight is 339 g/mol. The zero-order chi connectivity index (χ0) is 16.9. The van der Waals surface area contributed by atoms with E-state index in [1.165, 1.54) is 35.3 Å². The number of carbonyl (C=O) groups excluding carboxylic acids is 1. The lowest BCUT2D eigenvalue weighted by Crippen LogP contribution is -2.29. The molecule has 2 aromatic rings. The Labute approximate surface area is 146 Å². The van der Waals surface area contributed by atoms with Crippen LogP contribution in [0.1, 0.15) is 36.0 Å². The van der Waals surface area contributed by atoms with Gasteiger partial charge in [0, 0.05) is 25.6 Å². The molecule has 1 aromatic heterocycles. The largest absolute Gasteiger partial charge is 0.317 e. The molecule has 24 heavy (non-hydrogen) atoms. The summed E-state index contributed by atoms with van der Waals surface area (Å²) in [5.41, 5.74) is 3.09. The van der Waals surface area contributed by atoms with Crippen molar-refractivity contribution in [3.63, 3.8) is 0 Å². The minimum atomic E-state index is -0.0245. The second-order valence-electron chi connectivity index (χ2n) is 6.26. The third kappa shape index (κ3) is 4.44. The minimum absolute atomic E-state index is 0.0245. The van der Waals surface area contributed by atoms with Crippen LogP contribution in [-0.2, 0) is 11.3 Å². The fraction of sp³-hybridized carbons (Fsp3) is 0.368. The summed E-state index contributed by atoms with van der Waals surface area (Å²) in [6.07, 6.45) is 2.89. The van der Waals surface area contributed by atoms with Crippen LogP contribution in [-0.4, -0.2) is 23.4 Å². The zero-order valence-electron chi connectivity index (χ0n) is 13.8. The maximum Gasteiger partial charge on any atom is 0.226 e. The normalized spacial score (nSPS) is 13.7. The standard InChI is InChI=1S/C19H21N3OS/c1-14-2-4-15(5-3-14)13-22(17-6-7-17)10-8-18(23)21-19-16(12-20)9-11-24-19/h2-5,9,11,17H,6-8,10,13H2,1H3,(H,21,23). The molecule has 1 saturated carbocycles. The number of nitrogens with one attached hydrogen (secondary N) is 1. The van der Waals surface area contributed by atoms with Gasteiger partial charge in [-0.3, -0.25) is 9.69 Å². The Hall–Kier alpha value is -2.16. The summed E-state index contributed by atoms with van der Waals surface area (Å²) in [6, 6.07) is 13.0. The van der Waals surface area contributed by atoms with E-state index in [1.54, 1.807) is 6.07 Å². The molecule has 0 atom stereocenters. The van der Waals surface area contributed by atoms with E-state index < -0.39 is 0 Å². The van der Waals surface area contributed by atoms with Gasteiger partial charge in [-0.15, -0.1) is 11.3 Å². The molecule has 1 heterocycles. The smallest absolute Gasteiger partial charge is 0.226 e. The highest BCUT2D eigenvalue weighted by Crippen LogP contribution is 2.29. The first kappa shape index (κ1) is 16.7. The Balaban J connectivity index is 1.53. The molecule has 1 aromatic carbocycles. The van der Waals surface area contributed by atoms with Gasteiger partial charge in [0.15, 0.2) is 0 Å². The van der Waals surface area contributed by atoms with Crippen LogP contribution < -0.4 is 5.32 Å². The molecule has 5 heteroatoms. The van der Waals surface area contributed by atoms with Crippen LogP contribution in [0.5, 0.6) is 0 Å². The third-order valence-electron chi connectivity index (χ3n) is 4.23. The fourth-order valence-corrected chi connectivity index (χ4v) is 3.44. The Morgan fingerprint density at radius 2 is 2.08 bits per heavy atom. The minimum Gasteiger partial charge on any atom is -0.317 e. The van der Waals surface area contributed by atoms with E-state index in [4.69, 9.17) is 5.26 Å². The van der Waals surface area contributed by atoms with Gasteiger partial charge in [-0.25, -0.2) is 0 Å². The van der Waals surface area contributed by atoms with Crippen molar-refractivity contribution in [3.8, 4) is 6.07 Å². The number of benzene rings is 1. The molecule has 1 amide bonds. The van der Waals surface area contributed by atoms with Gasteiger partial charge in [0.05, 0.1) is 5.56 Å². The molecule has 1 aliphatic rings. The molecule has 4 nitrogen and oxygen atoms in total. The molecule has 3 rings (SSSR count). The van der Waals surface area contributed by atoms with Gasteiger partial charge in [-0.1, -0.05) is 29.8 Å². The summed E-state index contributed by atoms with van der Waals surface area (Å²) in [7, 11) is 0. The van der Waals surface area contributed by atoms with Crippen LogP contribution in [0.2, 0.25) is 0 Å². The molecule has 0 bridgehead atoms. The van der Waals surface area contributed by atoms with Crippen molar-refractivity contribution in [2.75, 3.05) is 11.9 Å². The van der Waals surface area contributed by atoms with Crippen LogP contribution >= 0.6 is 11.3 Å². The van der Waals surface area contributed by atoms with Gasteiger partial charge in [-0.05, 0) is 36.8 Å². The van der Waals surface area contributed by atoms with E-state index >= 15 is 0 Å². The van der Waals surface area contributed by atoms with E-state index in [2.05, 4.69) is 47.5 Å². The number of thiophene rings is 1. The van der Waals surface area contributed by atoms with Gasteiger partial charge in [-0.2, -0.15) is 5.26 Å². The van der Waals surface area contributed by atoms with Crippen molar-refractivity contribution in [2.45, 2.75) is 38.8 Å². The molecular formula is C19H21N3OS. The van der Waals surface area contributed by atoms with Gasteiger partial charge < -0.3 is 5.32 Å². The van der Waals surface area contributed by atoms with Gasteiger partial charge >= 0.3 is 0 Å². The van der Waals surface area contributed by atoms with Crippen LogP contribution in [0, 0.1) is 18.3 Å². The highest BCUT2D eigenvalue weighted by atomic mass is 32.1. The predicted molar refractivity (Wildman–Crippen MR) is 96.9 cm³/mol.